The first-order valence-corrected chi connectivity index (χ1v) is 8.69. The molecule has 2 aliphatic rings. The van der Waals surface area contributed by atoms with Gasteiger partial charge >= 0.3 is 0 Å². The van der Waals surface area contributed by atoms with Gasteiger partial charge < -0.3 is 10.1 Å². The average Bonchev–Trinajstić information content (AvgIpc) is 2.61. The number of ether oxygens (including phenoxy) is 1. The van der Waals surface area contributed by atoms with E-state index < -0.39 is 0 Å². The van der Waals surface area contributed by atoms with E-state index in [4.69, 9.17) is 4.74 Å². The zero-order valence-corrected chi connectivity index (χ0v) is 15.2. The molecule has 0 bridgehead atoms. The van der Waals surface area contributed by atoms with E-state index in [1.54, 1.807) is 6.08 Å². The van der Waals surface area contributed by atoms with Crippen LogP contribution in [0, 0.1) is 5.92 Å². The molecule has 0 aromatic heterocycles. The molecule has 26 heavy (non-hydrogen) atoms. The third-order valence-corrected chi connectivity index (χ3v) is 4.60. The number of hydrogen-bond donors (Lipinski definition) is 1. The van der Waals surface area contributed by atoms with Gasteiger partial charge in [0.25, 0.3) is 11.8 Å². The van der Waals surface area contributed by atoms with E-state index in [0.717, 1.165) is 28.2 Å². The lowest BCUT2D eigenvalue weighted by molar-refractivity contribution is -0.118. The van der Waals surface area contributed by atoms with Gasteiger partial charge in [0.15, 0.2) is 0 Å². The average molecular weight is 350 g/mol. The lowest BCUT2D eigenvalue weighted by Crippen LogP contribution is -2.35. The Morgan fingerprint density at radius 3 is 2.65 bits per heavy atom. The summed E-state index contributed by atoms with van der Waals surface area (Å²) in [6.45, 7) is 6.31. The molecule has 2 amide bonds. The molecule has 0 saturated heterocycles. The van der Waals surface area contributed by atoms with Crippen LogP contribution in [0.1, 0.15) is 26.3 Å². The van der Waals surface area contributed by atoms with Crippen LogP contribution in [0.2, 0.25) is 0 Å². The summed E-state index contributed by atoms with van der Waals surface area (Å²) in [5.41, 5.74) is 3.97. The number of hydrogen-bond acceptors (Lipinski definition) is 3. The topological polar surface area (TPSA) is 67.8 Å². The first kappa shape index (κ1) is 17.9. The molecule has 0 saturated carbocycles. The Labute approximate surface area is 153 Å². The van der Waals surface area contributed by atoms with Crippen molar-refractivity contribution in [3.05, 3.63) is 64.9 Å². The highest BCUT2D eigenvalue weighted by Gasteiger charge is 2.27. The molecule has 1 N–H and O–H groups in total. The van der Waals surface area contributed by atoms with Crippen molar-refractivity contribution in [1.82, 2.24) is 5.32 Å². The molecule has 1 aromatic rings. The van der Waals surface area contributed by atoms with Gasteiger partial charge in [0.2, 0.25) is 0 Å². The lowest BCUT2D eigenvalue weighted by Gasteiger charge is -2.28. The van der Waals surface area contributed by atoms with Gasteiger partial charge in [-0.2, -0.15) is 0 Å². The number of benzene rings is 1. The molecule has 0 fully saturated rings. The van der Waals surface area contributed by atoms with E-state index in [0.29, 0.717) is 12.3 Å². The molecule has 1 atom stereocenters. The van der Waals surface area contributed by atoms with Gasteiger partial charge in [-0.1, -0.05) is 23.8 Å². The van der Waals surface area contributed by atoms with Crippen LogP contribution >= 0.6 is 0 Å². The molecule has 1 unspecified atom stereocenters. The van der Waals surface area contributed by atoms with E-state index in [-0.39, 0.29) is 24.2 Å². The van der Waals surface area contributed by atoms with E-state index in [9.17, 15) is 9.59 Å². The maximum atomic E-state index is 12.3. The van der Waals surface area contributed by atoms with Crippen LogP contribution < -0.4 is 10.1 Å². The Morgan fingerprint density at radius 1 is 1.23 bits per heavy atom. The Balaban J connectivity index is 1.71. The summed E-state index contributed by atoms with van der Waals surface area (Å²) in [4.78, 5) is 28.4. The molecule has 1 aromatic carbocycles. The van der Waals surface area contributed by atoms with Crippen LogP contribution in [-0.2, 0) is 16.0 Å². The van der Waals surface area contributed by atoms with Crippen molar-refractivity contribution in [3.63, 3.8) is 0 Å². The fourth-order valence-electron chi connectivity index (χ4n) is 3.02. The molecule has 0 spiro atoms. The molecular weight excluding hydrogens is 328 g/mol. The third kappa shape index (κ3) is 3.82. The van der Waals surface area contributed by atoms with Gasteiger partial charge in [-0.3, -0.25) is 9.59 Å². The summed E-state index contributed by atoms with van der Waals surface area (Å²) in [7, 11) is 0. The second kappa shape index (κ2) is 7.52. The highest BCUT2D eigenvalue weighted by atomic mass is 16.5. The number of carbonyl (C=O) groups is 2. The molecule has 1 aliphatic carbocycles. The van der Waals surface area contributed by atoms with Gasteiger partial charge in [0.1, 0.15) is 5.75 Å². The number of nitrogens with one attached hydrogen (secondary N) is 1. The van der Waals surface area contributed by atoms with Crippen LogP contribution in [0.15, 0.2) is 64.3 Å². The largest absolute Gasteiger partial charge is 0.494 e. The number of rotatable bonds is 4. The number of nitrogens with zero attached hydrogens (tertiary/aromatic N) is 1. The molecule has 5 nitrogen and oxygen atoms in total. The van der Waals surface area contributed by atoms with Gasteiger partial charge in [-0.05, 0) is 50.6 Å². The maximum Gasteiger partial charge on any atom is 0.251 e. The fourth-order valence-corrected chi connectivity index (χ4v) is 3.02. The van der Waals surface area contributed by atoms with Gasteiger partial charge in [-0.15, -0.1) is 0 Å². The quantitative estimate of drug-likeness (QED) is 0.907. The smallest absolute Gasteiger partial charge is 0.251 e. The van der Waals surface area contributed by atoms with E-state index in [1.807, 2.05) is 57.2 Å². The molecular formula is C21H22N2O3. The molecule has 1 heterocycles. The predicted octanol–water partition coefficient (Wildman–Crippen LogP) is 3.13. The van der Waals surface area contributed by atoms with Crippen LogP contribution in [0.3, 0.4) is 0 Å². The summed E-state index contributed by atoms with van der Waals surface area (Å²) >= 11 is 0. The van der Waals surface area contributed by atoms with Crippen molar-refractivity contribution in [3.8, 4) is 5.75 Å². The summed E-state index contributed by atoms with van der Waals surface area (Å²) < 4.78 is 5.39. The number of allylic oxidation sites excluding steroid dienone is 3. The van der Waals surface area contributed by atoms with E-state index >= 15 is 0 Å². The number of amides is 2. The van der Waals surface area contributed by atoms with Gasteiger partial charge in [0, 0.05) is 17.2 Å². The zero-order chi connectivity index (χ0) is 18.7. The van der Waals surface area contributed by atoms with Crippen LogP contribution in [0.25, 0.3) is 0 Å². The van der Waals surface area contributed by atoms with Gasteiger partial charge in [0.05, 0.1) is 18.7 Å². The standard InChI is InChI=1S/C21H22N2O3/c1-4-26-17-8-5-15(6-9-17)11-20(24)22-16-7-10-18-13(2)14(3)21(25)23-19(18)12-16/h5-10,12,18H,4,11H2,1-3H3,(H,23,25). The van der Waals surface area contributed by atoms with Crippen molar-refractivity contribution < 1.29 is 14.3 Å². The normalized spacial score (nSPS) is 20.6. The Bertz CT molecular complexity index is 858. The maximum absolute atomic E-state index is 12.3. The predicted molar refractivity (Wildman–Crippen MR) is 101 cm³/mol. The molecule has 0 radical (unpaired) electrons. The van der Waals surface area contributed by atoms with E-state index in [2.05, 4.69) is 10.3 Å². The van der Waals surface area contributed by atoms with Crippen LogP contribution in [0.4, 0.5) is 0 Å². The molecule has 1 aliphatic heterocycles. The first-order valence-electron chi connectivity index (χ1n) is 8.69. The molecule has 5 heteroatoms. The lowest BCUT2D eigenvalue weighted by atomic mass is 9.85. The SMILES string of the molecule is CCOc1ccc(CC(=O)N=C2C=CC3C(=C2)NC(=O)C(C)=C3C)cc1. The summed E-state index contributed by atoms with van der Waals surface area (Å²) in [6.07, 6.45) is 5.80. The first-order chi connectivity index (χ1) is 12.5. The number of aliphatic imine (C=N–C) groups is 1. The van der Waals surface area contributed by atoms with E-state index in [1.165, 1.54) is 0 Å². The summed E-state index contributed by atoms with van der Waals surface area (Å²) in [5.74, 6) is 0.510. The minimum Gasteiger partial charge on any atom is -0.494 e. The molecule has 3 rings (SSSR count). The summed E-state index contributed by atoms with van der Waals surface area (Å²) in [6, 6.07) is 7.43. The Morgan fingerprint density at radius 2 is 1.96 bits per heavy atom. The number of carbonyl (C=O) groups excluding carboxylic acids is 2. The van der Waals surface area contributed by atoms with Crippen LogP contribution in [0.5, 0.6) is 5.75 Å². The third-order valence-electron chi connectivity index (χ3n) is 4.60. The minimum absolute atomic E-state index is 0.0489. The van der Waals surface area contributed by atoms with Crippen molar-refractivity contribution in [2.45, 2.75) is 27.2 Å². The van der Waals surface area contributed by atoms with Crippen LogP contribution in [-0.4, -0.2) is 24.1 Å². The second-order valence-electron chi connectivity index (χ2n) is 6.38. The highest BCUT2D eigenvalue weighted by molar-refractivity contribution is 6.11. The monoisotopic (exact) mass is 350 g/mol. The second-order valence-corrected chi connectivity index (χ2v) is 6.38. The van der Waals surface area contributed by atoms with Crippen molar-refractivity contribution >= 4 is 17.5 Å². The van der Waals surface area contributed by atoms with Crippen molar-refractivity contribution in [2.75, 3.05) is 6.61 Å². The highest BCUT2D eigenvalue weighted by Crippen LogP contribution is 2.29. The Kier molecular flexibility index (Phi) is 5.16. The Hall–Kier alpha value is -2.95. The van der Waals surface area contributed by atoms with Gasteiger partial charge in [-0.25, -0.2) is 4.99 Å². The molecule has 134 valence electrons. The van der Waals surface area contributed by atoms with Crippen molar-refractivity contribution in [2.24, 2.45) is 10.9 Å². The van der Waals surface area contributed by atoms with Crippen molar-refractivity contribution in [1.29, 1.82) is 0 Å². The summed E-state index contributed by atoms with van der Waals surface area (Å²) in [5, 5.41) is 2.88. The minimum atomic E-state index is -0.227. The number of fused-ring (bicyclic) bond motifs is 1. The fraction of sp³-hybridized carbons (Fsp3) is 0.286. The zero-order valence-electron chi connectivity index (χ0n) is 15.2.